The van der Waals surface area contributed by atoms with E-state index in [1.54, 1.807) is 12.1 Å². The molecule has 178 valence electrons. The van der Waals surface area contributed by atoms with Crippen molar-refractivity contribution in [3.63, 3.8) is 0 Å². The second-order valence-corrected chi connectivity index (χ2v) is 9.81. The molecule has 0 aromatic heterocycles. The van der Waals surface area contributed by atoms with E-state index in [9.17, 15) is 24.0 Å². The van der Waals surface area contributed by atoms with E-state index in [0.29, 0.717) is 18.4 Å². The van der Waals surface area contributed by atoms with E-state index in [1.807, 2.05) is 26.8 Å². The van der Waals surface area contributed by atoms with Gasteiger partial charge < -0.3 is 10.0 Å². The van der Waals surface area contributed by atoms with Crippen molar-refractivity contribution in [2.45, 2.75) is 66.8 Å². The molecular weight excluding hydrogens is 422 g/mol. The Morgan fingerprint density at radius 1 is 1.06 bits per heavy atom. The van der Waals surface area contributed by atoms with E-state index in [4.69, 9.17) is 0 Å². The van der Waals surface area contributed by atoms with Crippen molar-refractivity contribution in [3.8, 4) is 0 Å². The van der Waals surface area contributed by atoms with Gasteiger partial charge in [-0.2, -0.15) is 0 Å². The Balaban J connectivity index is 2.45. The fourth-order valence-electron chi connectivity index (χ4n) is 3.96. The molecule has 1 atom stereocenters. The first kappa shape index (κ1) is 26.5. The van der Waals surface area contributed by atoms with E-state index in [0.717, 1.165) is 29.7 Å². The molecular formula is C25H34BFN2O4. The average molecular weight is 456 g/mol. The summed E-state index contributed by atoms with van der Waals surface area (Å²) in [5.41, 5.74) is 4.59. The topological polar surface area (TPSA) is 89.9 Å². The third-order valence-electron chi connectivity index (χ3n) is 5.29. The van der Waals surface area contributed by atoms with Gasteiger partial charge in [0.05, 0.1) is 6.04 Å². The summed E-state index contributed by atoms with van der Waals surface area (Å²) in [6, 6.07) is 8.64. The Labute approximate surface area is 195 Å². The molecule has 0 heterocycles. The maximum atomic E-state index is 14.2. The summed E-state index contributed by atoms with van der Waals surface area (Å²) in [5.74, 6) is -1.90. The summed E-state index contributed by atoms with van der Waals surface area (Å²) in [7, 11) is -1.98. The van der Waals surface area contributed by atoms with Crippen LogP contribution in [0.4, 0.5) is 4.39 Å². The van der Waals surface area contributed by atoms with Crippen LogP contribution in [0.2, 0.25) is 0 Å². The number of hydrogen-bond donors (Lipinski definition) is 3. The third kappa shape index (κ3) is 7.40. The molecule has 1 unspecified atom stereocenters. The first-order chi connectivity index (χ1) is 15.3. The monoisotopic (exact) mass is 456 g/mol. The number of hydrogen-bond acceptors (Lipinski definition) is 4. The van der Waals surface area contributed by atoms with Gasteiger partial charge in [0.25, 0.3) is 11.8 Å². The number of carbonyl (C=O) groups excluding carboxylic acids is 2. The zero-order valence-electron chi connectivity index (χ0n) is 20.3. The summed E-state index contributed by atoms with van der Waals surface area (Å²) in [6.45, 7) is 12.1. The minimum atomic E-state index is -1.98. The minimum Gasteiger partial charge on any atom is -0.423 e. The summed E-state index contributed by atoms with van der Waals surface area (Å²) in [6.07, 6.45) is 2.14. The van der Waals surface area contributed by atoms with Gasteiger partial charge in [-0.25, -0.2) is 9.40 Å². The van der Waals surface area contributed by atoms with Gasteiger partial charge in [0.15, 0.2) is 0 Å². The molecule has 0 aliphatic carbocycles. The molecule has 0 saturated heterocycles. The largest absolute Gasteiger partial charge is 0.491 e. The molecule has 0 aliphatic rings. The van der Waals surface area contributed by atoms with Gasteiger partial charge in [-0.05, 0) is 56.4 Å². The normalized spacial score (nSPS) is 12.3. The predicted molar refractivity (Wildman–Crippen MR) is 129 cm³/mol. The number of amides is 2. The fraction of sp³-hybridized carbons (Fsp3) is 0.440. The lowest BCUT2D eigenvalue weighted by molar-refractivity contribution is 0.0406. The molecule has 3 N–H and O–H groups in total. The molecule has 2 rings (SSSR count). The zero-order chi connectivity index (χ0) is 24.9. The Morgan fingerprint density at radius 3 is 2.15 bits per heavy atom. The van der Waals surface area contributed by atoms with Crippen molar-refractivity contribution in [2.75, 3.05) is 0 Å². The first-order valence-electron chi connectivity index (χ1n) is 11.2. The average Bonchev–Trinajstić information content (AvgIpc) is 2.69. The standard InChI is InChI=1S/C25H34BFN2O4/c1-7-8-20(15-25(4,5)6)29(24(31)19-12-16(2)11-17(3)13-19)28-23(30)18-9-10-21(26(32)33)22(27)14-18/h9-14,20,32-33H,7-8,15H2,1-6H3,(H,28,30). The molecule has 33 heavy (non-hydrogen) atoms. The van der Waals surface area contributed by atoms with Gasteiger partial charge in [0, 0.05) is 16.6 Å². The van der Waals surface area contributed by atoms with Crippen LogP contribution in [0.1, 0.15) is 78.8 Å². The van der Waals surface area contributed by atoms with Crippen molar-refractivity contribution in [2.24, 2.45) is 5.41 Å². The molecule has 0 aliphatic heterocycles. The summed E-state index contributed by atoms with van der Waals surface area (Å²) in [4.78, 5) is 26.6. The molecule has 8 heteroatoms. The predicted octanol–water partition coefficient (Wildman–Crippen LogP) is 3.51. The van der Waals surface area contributed by atoms with Gasteiger partial charge in [-0.15, -0.1) is 0 Å². The summed E-state index contributed by atoms with van der Waals surface area (Å²) in [5, 5.41) is 19.8. The smallest absolute Gasteiger partial charge is 0.423 e. The number of hydrazine groups is 1. The second-order valence-electron chi connectivity index (χ2n) is 9.81. The molecule has 0 spiro atoms. The first-order valence-corrected chi connectivity index (χ1v) is 11.2. The number of benzene rings is 2. The molecule has 2 aromatic carbocycles. The van der Waals surface area contributed by atoms with Gasteiger partial charge in [0.2, 0.25) is 0 Å². The van der Waals surface area contributed by atoms with Crippen LogP contribution in [0.25, 0.3) is 0 Å². The number of rotatable bonds is 7. The molecule has 0 fully saturated rings. The number of nitrogens with zero attached hydrogens (tertiary/aromatic N) is 1. The maximum absolute atomic E-state index is 14.2. The Bertz CT molecular complexity index is 984. The highest BCUT2D eigenvalue weighted by atomic mass is 19.1. The van der Waals surface area contributed by atoms with Gasteiger partial charge in [-0.1, -0.05) is 57.4 Å². The molecule has 0 bridgehead atoms. The van der Waals surface area contributed by atoms with Crippen molar-refractivity contribution >= 4 is 24.4 Å². The Morgan fingerprint density at radius 2 is 1.67 bits per heavy atom. The number of aryl methyl sites for hydroxylation is 2. The van der Waals surface area contributed by atoms with Crippen molar-refractivity contribution in [1.29, 1.82) is 0 Å². The van der Waals surface area contributed by atoms with Crippen LogP contribution < -0.4 is 10.9 Å². The third-order valence-corrected chi connectivity index (χ3v) is 5.29. The van der Waals surface area contributed by atoms with Crippen LogP contribution in [0.3, 0.4) is 0 Å². The Hall–Kier alpha value is -2.71. The number of carbonyl (C=O) groups is 2. The maximum Gasteiger partial charge on any atom is 0.491 e. The number of halogens is 1. The van der Waals surface area contributed by atoms with Crippen LogP contribution in [-0.4, -0.2) is 40.0 Å². The fourth-order valence-corrected chi connectivity index (χ4v) is 3.96. The van der Waals surface area contributed by atoms with Gasteiger partial charge in [-0.3, -0.25) is 15.0 Å². The highest BCUT2D eigenvalue weighted by Gasteiger charge is 2.30. The number of nitrogens with one attached hydrogen (secondary N) is 1. The lowest BCUT2D eigenvalue weighted by Crippen LogP contribution is -2.53. The van der Waals surface area contributed by atoms with Crippen LogP contribution in [0, 0.1) is 25.1 Å². The van der Waals surface area contributed by atoms with E-state index in [1.165, 1.54) is 11.1 Å². The van der Waals surface area contributed by atoms with E-state index < -0.39 is 18.8 Å². The molecule has 2 amide bonds. The van der Waals surface area contributed by atoms with Gasteiger partial charge in [0.1, 0.15) is 5.82 Å². The van der Waals surface area contributed by atoms with Crippen LogP contribution in [0.5, 0.6) is 0 Å². The lowest BCUT2D eigenvalue weighted by Gasteiger charge is -2.36. The van der Waals surface area contributed by atoms with E-state index in [-0.39, 0.29) is 28.4 Å². The quantitative estimate of drug-likeness (QED) is 0.440. The van der Waals surface area contributed by atoms with E-state index in [2.05, 4.69) is 26.2 Å². The second kappa shape index (κ2) is 10.9. The molecule has 0 saturated carbocycles. The van der Waals surface area contributed by atoms with Crippen LogP contribution in [0.15, 0.2) is 36.4 Å². The highest BCUT2D eigenvalue weighted by molar-refractivity contribution is 6.58. The van der Waals surface area contributed by atoms with Crippen LogP contribution in [-0.2, 0) is 0 Å². The SMILES string of the molecule is CCCC(CC(C)(C)C)N(NC(=O)c1ccc(B(O)O)c(F)c1)C(=O)c1cc(C)cc(C)c1. The van der Waals surface area contributed by atoms with Crippen molar-refractivity contribution in [3.05, 3.63) is 64.5 Å². The van der Waals surface area contributed by atoms with Gasteiger partial charge >= 0.3 is 7.12 Å². The summed E-state index contributed by atoms with van der Waals surface area (Å²) >= 11 is 0. The highest BCUT2D eigenvalue weighted by Crippen LogP contribution is 2.27. The Kier molecular flexibility index (Phi) is 8.80. The minimum absolute atomic E-state index is 0.0267. The van der Waals surface area contributed by atoms with Crippen molar-refractivity contribution < 1.29 is 24.0 Å². The van der Waals surface area contributed by atoms with Crippen LogP contribution >= 0.6 is 0 Å². The molecule has 6 nitrogen and oxygen atoms in total. The molecule has 2 aromatic rings. The molecule has 0 radical (unpaired) electrons. The van der Waals surface area contributed by atoms with Crippen molar-refractivity contribution in [1.82, 2.24) is 10.4 Å². The zero-order valence-corrected chi connectivity index (χ0v) is 20.3. The lowest BCUT2D eigenvalue weighted by atomic mass is 9.79. The van der Waals surface area contributed by atoms with E-state index >= 15 is 0 Å². The summed E-state index contributed by atoms with van der Waals surface area (Å²) < 4.78 is 14.2.